The molecule has 1 fully saturated rings. The zero-order valence-electron chi connectivity index (χ0n) is 6.29. The van der Waals surface area contributed by atoms with E-state index in [1.165, 1.54) is 0 Å². The molecule has 1 rings (SSSR count). The molecule has 0 spiro atoms. The van der Waals surface area contributed by atoms with E-state index >= 15 is 0 Å². The van der Waals surface area contributed by atoms with E-state index in [4.69, 9.17) is 10.6 Å². The minimum absolute atomic E-state index is 0.00315. The Kier molecular flexibility index (Phi) is 2.52. The highest BCUT2D eigenvalue weighted by molar-refractivity contribution is 5.74. The van der Waals surface area contributed by atoms with Gasteiger partial charge in [-0.3, -0.25) is 4.79 Å². The molecule has 6 nitrogen and oxygen atoms in total. The fourth-order valence-corrected chi connectivity index (χ4v) is 1.01. The van der Waals surface area contributed by atoms with Gasteiger partial charge in [-0.05, 0) is 24.3 Å². The molecule has 0 aromatic carbocycles. The lowest BCUT2D eigenvalue weighted by Crippen LogP contribution is -2.33. The first-order valence-corrected chi connectivity index (χ1v) is 3.62. The van der Waals surface area contributed by atoms with Gasteiger partial charge in [-0.25, -0.2) is 0 Å². The summed E-state index contributed by atoms with van der Waals surface area (Å²) in [6.45, 7) is 0. The highest BCUT2D eigenvalue weighted by Crippen LogP contribution is 2.34. The molecule has 0 aliphatic heterocycles. The fourth-order valence-electron chi connectivity index (χ4n) is 1.01. The standard InChI is InChI=1S/C6H9N3O3/c7-9-8-4(6(11)12)5(10)3-1-2-3/h3-5,10H,1-2H2,(H,11,12)/t4-,5-/m1/s1. The van der Waals surface area contributed by atoms with Gasteiger partial charge in [0.2, 0.25) is 0 Å². The van der Waals surface area contributed by atoms with Gasteiger partial charge < -0.3 is 10.2 Å². The Labute approximate surface area is 68.4 Å². The number of hydrogen-bond acceptors (Lipinski definition) is 3. The van der Waals surface area contributed by atoms with Crippen molar-refractivity contribution < 1.29 is 15.0 Å². The molecule has 12 heavy (non-hydrogen) atoms. The molecule has 0 saturated heterocycles. The Balaban J connectivity index is 2.62. The molecule has 6 heteroatoms. The molecule has 2 atom stereocenters. The van der Waals surface area contributed by atoms with Crippen molar-refractivity contribution in [3.05, 3.63) is 10.4 Å². The molecule has 0 amide bonds. The summed E-state index contributed by atoms with van der Waals surface area (Å²) in [5.41, 5.74) is 8.02. The molecule has 0 aromatic rings. The highest BCUT2D eigenvalue weighted by atomic mass is 16.4. The normalized spacial score (nSPS) is 20.8. The van der Waals surface area contributed by atoms with Crippen LogP contribution >= 0.6 is 0 Å². The predicted octanol–water partition coefficient (Wildman–Crippen LogP) is 0.521. The molecule has 0 bridgehead atoms. The van der Waals surface area contributed by atoms with Crippen LogP contribution in [-0.2, 0) is 4.79 Å². The number of carboxylic acids is 1. The summed E-state index contributed by atoms with van der Waals surface area (Å²) in [6, 6.07) is -1.33. The van der Waals surface area contributed by atoms with Crippen LogP contribution in [-0.4, -0.2) is 28.3 Å². The van der Waals surface area contributed by atoms with E-state index in [0.717, 1.165) is 12.8 Å². The molecule has 0 aromatic heterocycles. The minimum Gasteiger partial charge on any atom is -0.481 e. The summed E-state index contributed by atoms with van der Waals surface area (Å²) in [5, 5.41) is 20.8. The zero-order chi connectivity index (χ0) is 9.14. The topological polar surface area (TPSA) is 106 Å². The van der Waals surface area contributed by atoms with Crippen molar-refractivity contribution in [1.29, 1.82) is 0 Å². The van der Waals surface area contributed by atoms with Crippen molar-refractivity contribution in [2.24, 2.45) is 11.0 Å². The average molecular weight is 171 g/mol. The smallest absolute Gasteiger partial charge is 0.315 e. The van der Waals surface area contributed by atoms with Gasteiger partial charge in [0.05, 0.1) is 6.10 Å². The van der Waals surface area contributed by atoms with Crippen molar-refractivity contribution >= 4 is 5.97 Å². The second kappa shape index (κ2) is 3.42. The van der Waals surface area contributed by atoms with Gasteiger partial charge in [-0.1, -0.05) is 5.11 Å². The number of carbonyl (C=O) groups is 1. The van der Waals surface area contributed by atoms with E-state index in [-0.39, 0.29) is 5.92 Å². The van der Waals surface area contributed by atoms with Crippen LogP contribution in [0, 0.1) is 5.92 Å². The lowest BCUT2D eigenvalue weighted by molar-refractivity contribution is -0.141. The van der Waals surface area contributed by atoms with Crippen LogP contribution in [0.25, 0.3) is 10.4 Å². The number of hydrogen-bond donors (Lipinski definition) is 2. The third kappa shape index (κ3) is 1.87. The molecule has 0 radical (unpaired) electrons. The summed E-state index contributed by atoms with van der Waals surface area (Å²) in [7, 11) is 0. The zero-order valence-corrected chi connectivity index (χ0v) is 6.29. The lowest BCUT2D eigenvalue weighted by Gasteiger charge is -2.12. The lowest BCUT2D eigenvalue weighted by atomic mass is 10.1. The van der Waals surface area contributed by atoms with E-state index in [0.29, 0.717) is 0 Å². The van der Waals surface area contributed by atoms with E-state index in [9.17, 15) is 9.90 Å². The number of rotatable bonds is 4. The molecule has 66 valence electrons. The number of aliphatic hydroxyl groups is 1. The van der Waals surface area contributed by atoms with Crippen LogP contribution in [0.5, 0.6) is 0 Å². The van der Waals surface area contributed by atoms with E-state index in [1.807, 2.05) is 0 Å². The average Bonchev–Trinajstić information content (AvgIpc) is 2.80. The largest absolute Gasteiger partial charge is 0.481 e. The monoisotopic (exact) mass is 171 g/mol. The van der Waals surface area contributed by atoms with Crippen molar-refractivity contribution in [2.45, 2.75) is 25.0 Å². The summed E-state index contributed by atoms with van der Waals surface area (Å²) in [4.78, 5) is 12.8. The molecule has 0 heterocycles. The summed E-state index contributed by atoms with van der Waals surface area (Å²) >= 11 is 0. The quantitative estimate of drug-likeness (QED) is 0.365. The van der Waals surface area contributed by atoms with Gasteiger partial charge in [-0.15, -0.1) is 0 Å². The number of nitrogens with zero attached hydrogens (tertiary/aromatic N) is 3. The first-order chi connectivity index (χ1) is 5.66. The maximum absolute atomic E-state index is 10.4. The molecule has 1 saturated carbocycles. The van der Waals surface area contributed by atoms with E-state index < -0.39 is 18.1 Å². The Hall–Kier alpha value is -1.26. The van der Waals surface area contributed by atoms with Crippen molar-refractivity contribution in [3.8, 4) is 0 Å². The van der Waals surface area contributed by atoms with Crippen LogP contribution in [0.2, 0.25) is 0 Å². The number of aliphatic hydroxyl groups excluding tert-OH is 1. The fraction of sp³-hybridized carbons (Fsp3) is 0.833. The van der Waals surface area contributed by atoms with Gasteiger partial charge in [0.15, 0.2) is 6.04 Å². The van der Waals surface area contributed by atoms with E-state index in [2.05, 4.69) is 10.0 Å². The summed E-state index contributed by atoms with van der Waals surface area (Å²) in [5.74, 6) is -1.27. The van der Waals surface area contributed by atoms with Crippen LogP contribution in [0.15, 0.2) is 5.11 Å². The van der Waals surface area contributed by atoms with Gasteiger partial charge in [0, 0.05) is 4.91 Å². The third-order valence-corrected chi connectivity index (χ3v) is 1.86. The summed E-state index contributed by atoms with van der Waals surface area (Å²) < 4.78 is 0. The predicted molar refractivity (Wildman–Crippen MR) is 39.3 cm³/mol. The molecule has 2 N–H and O–H groups in total. The number of aliphatic carboxylic acids is 1. The van der Waals surface area contributed by atoms with Crippen LogP contribution in [0.1, 0.15) is 12.8 Å². The van der Waals surface area contributed by atoms with Crippen LogP contribution in [0.4, 0.5) is 0 Å². The molecular formula is C6H9N3O3. The van der Waals surface area contributed by atoms with Gasteiger partial charge in [-0.2, -0.15) is 0 Å². The van der Waals surface area contributed by atoms with Gasteiger partial charge in [0.25, 0.3) is 0 Å². The second-order valence-electron chi connectivity index (χ2n) is 2.82. The number of azide groups is 1. The maximum atomic E-state index is 10.4. The Bertz CT molecular complexity index is 230. The SMILES string of the molecule is [N-]=[N+]=N[C@@H](C(=O)O)[C@H](O)C1CC1. The minimum atomic E-state index is -1.33. The third-order valence-electron chi connectivity index (χ3n) is 1.86. The molecule has 1 aliphatic carbocycles. The highest BCUT2D eigenvalue weighted by Gasteiger charge is 2.38. The van der Waals surface area contributed by atoms with Gasteiger partial charge >= 0.3 is 5.97 Å². The Morgan fingerprint density at radius 1 is 1.67 bits per heavy atom. The van der Waals surface area contributed by atoms with Crippen LogP contribution < -0.4 is 0 Å². The van der Waals surface area contributed by atoms with Crippen molar-refractivity contribution in [2.75, 3.05) is 0 Å². The molecule has 1 aliphatic rings. The molecule has 0 unspecified atom stereocenters. The Morgan fingerprint density at radius 3 is 2.58 bits per heavy atom. The first kappa shape index (κ1) is 8.83. The maximum Gasteiger partial charge on any atom is 0.315 e. The van der Waals surface area contributed by atoms with Gasteiger partial charge in [0.1, 0.15) is 0 Å². The van der Waals surface area contributed by atoms with Crippen molar-refractivity contribution in [1.82, 2.24) is 0 Å². The van der Waals surface area contributed by atoms with Crippen molar-refractivity contribution in [3.63, 3.8) is 0 Å². The number of carboxylic acid groups (broad SMARTS) is 1. The first-order valence-electron chi connectivity index (χ1n) is 3.62. The Morgan fingerprint density at radius 2 is 2.25 bits per heavy atom. The van der Waals surface area contributed by atoms with Crippen LogP contribution in [0.3, 0.4) is 0 Å². The molecular weight excluding hydrogens is 162 g/mol. The van der Waals surface area contributed by atoms with E-state index in [1.54, 1.807) is 0 Å². The summed E-state index contributed by atoms with van der Waals surface area (Å²) in [6.07, 6.45) is 0.594. The second-order valence-corrected chi connectivity index (χ2v) is 2.82.